The highest BCUT2D eigenvalue weighted by Gasteiger charge is 2.04. The number of phenolic OH excluding ortho intramolecular Hbond substituents is 2. The number of hydrogen-bond donors (Lipinski definition) is 2. The molecule has 4 heteroatoms. The van der Waals surface area contributed by atoms with Gasteiger partial charge in [-0.15, -0.1) is 0 Å². The van der Waals surface area contributed by atoms with Gasteiger partial charge in [-0.25, -0.2) is 4.98 Å². The highest BCUT2D eigenvalue weighted by atomic mass is 16.3. The number of aromatic hydroxyl groups is 2. The van der Waals surface area contributed by atoms with E-state index in [1.807, 2.05) is 0 Å². The van der Waals surface area contributed by atoms with Crippen molar-refractivity contribution in [1.29, 1.82) is 0 Å². The van der Waals surface area contributed by atoms with Crippen LogP contribution in [-0.4, -0.2) is 20.2 Å². The summed E-state index contributed by atoms with van der Waals surface area (Å²) in [5.41, 5.74) is 3.23. The SMILES string of the molecule is Oc1ccc(-c2cncc(-c3ccc(O)cc3)n2)cc1. The van der Waals surface area contributed by atoms with Crippen LogP contribution in [-0.2, 0) is 0 Å². The molecule has 3 aromatic rings. The minimum absolute atomic E-state index is 0.219. The second-order valence-corrected chi connectivity index (χ2v) is 4.38. The van der Waals surface area contributed by atoms with Crippen molar-refractivity contribution >= 4 is 0 Å². The average molecular weight is 264 g/mol. The third-order valence-electron chi connectivity index (χ3n) is 2.96. The van der Waals surface area contributed by atoms with Gasteiger partial charge in [0.2, 0.25) is 0 Å². The summed E-state index contributed by atoms with van der Waals surface area (Å²) in [4.78, 5) is 8.74. The Labute approximate surface area is 116 Å². The number of benzene rings is 2. The number of rotatable bonds is 2. The van der Waals surface area contributed by atoms with Gasteiger partial charge in [0.05, 0.1) is 23.8 Å². The van der Waals surface area contributed by atoms with E-state index in [1.165, 1.54) is 0 Å². The van der Waals surface area contributed by atoms with Crippen LogP contribution in [0.2, 0.25) is 0 Å². The van der Waals surface area contributed by atoms with Crippen molar-refractivity contribution in [3.8, 4) is 34.0 Å². The van der Waals surface area contributed by atoms with Crippen molar-refractivity contribution in [2.75, 3.05) is 0 Å². The summed E-state index contributed by atoms with van der Waals surface area (Å²) < 4.78 is 0. The van der Waals surface area contributed by atoms with Crippen molar-refractivity contribution in [2.45, 2.75) is 0 Å². The molecule has 1 aromatic heterocycles. The summed E-state index contributed by atoms with van der Waals surface area (Å²) in [5.74, 6) is 0.438. The first kappa shape index (κ1) is 12.2. The Kier molecular flexibility index (Phi) is 3.05. The molecule has 0 atom stereocenters. The van der Waals surface area contributed by atoms with Gasteiger partial charge in [0, 0.05) is 11.1 Å². The molecule has 0 aliphatic carbocycles. The van der Waals surface area contributed by atoms with Crippen LogP contribution in [0.5, 0.6) is 11.5 Å². The summed E-state index contributed by atoms with van der Waals surface area (Å²) in [6.07, 6.45) is 3.35. The van der Waals surface area contributed by atoms with E-state index in [-0.39, 0.29) is 11.5 Å². The predicted molar refractivity (Wildman–Crippen MR) is 76.2 cm³/mol. The number of aromatic nitrogens is 2. The van der Waals surface area contributed by atoms with Crippen LogP contribution in [0, 0.1) is 0 Å². The first-order valence-electron chi connectivity index (χ1n) is 6.13. The number of hydrogen-bond acceptors (Lipinski definition) is 4. The topological polar surface area (TPSA) is 66.2 Å². The van der Waals surface area contributed by atoms with Crippen molar-refractivity contribution in [1.82, 2.24) is 9.97 Å². The van der Waals surface area contributed by atoms with Gasteiger partial charge in [-0.2, -0.15) is 0 Å². The molecule has 2 N–H and O–H groups in total. The Bertz CT molecular complexity index is 661. The molecule has 0 saturated carbocycles. The first-order valence-corrected chi connectivity index (χ1v) is 6.13. The standard InChI is InChI=1S/C16H12N2O2/c19-13-5-1-11(2-6-13)15-9-17-10-16(18-15)12-3-7-14(20)8-4-12/h1-10,19-20H. The summed E-state index contributed by atoms with van der Waals surface area (Å²) >= 11 is 0. The van der Waals surface area contributed by atoms with Crippen molar-refractivity contribution in [2.24, 2.45) is 0 Å². The van der Waals surface area contributed by atoms with Crippen molar-refractivity contribution in [3.05, 3.63) is 60.9 Å². The van der Waals surface area contributed by atoms with E-state index in [1.54, 1.807) is 60.9 Å². The van der Waals surface area contributed by atoms with Crippen LogP contribution < -0.4 is 0 Å². The van der Waals surface area contributed by atoms with Crippen molar-refractivity contribution in [3.63, 3.8) is 0 Å². The van der Waals surface area contributed by atoms with Gasteiger partial charge >= 0.3 is 0 Å². The maximum absolute atomic E-state index is 9.30. The molecule has 3 rings (SSSR count). The molecule has 0 aliphatic heterocycles. The highest BCUT2D eigenvalue weighted by Crippen LogP contribution is 2.24. The number of phenols is 2. The molecular formula is C16H12N2O2. The Hall–Kier alpha value is -2.88. The molecule has 0 spiro atoms. The summed E-state index contributed by atoms with van der Waals surface area (Å²) in [7, 11) is 0. The van der Waals surface area contributed by atoms with E-state index in [0.29, 0.717) is 0 Å². The van der Waals surface area contributed by atoms with Gasteiger partial charge < -0.3 is 10.2 Å². The quantitative estimate of drug-likeness (QED) is 0.745. The van der Waals surface area contributed by atoms with Gasteiger partial charge in [-0.1, -0.05) is 0 Å². The molecule has 4 nitrogen and oxygen atoms in total. The van der Waals surface area contributed by atoms with Gasteiger partial charge in [0.1, 0.15) is 11.5 Å². The molecule has 0 fully saturated rings. The van der Waals surface area contributed by atoms with E-state index in [4.69, 9.17) is 0 Å². The van der Waals surface area contributed by atoms with Gasteiger partial charge in [-0.3, -0.25) is 4.98 Å². The maximum atomic E-state index is 9.30. The van der Waals surface area contributed by atoms with Crippen LogP contribution in [0.4, 0.5) is 0 Å². The monoisotopic (exact) mass is 264 g/mol. The summed E-state index contributed by atoms with van der Waals surface area (Å²) in [6.45, 7) is 0. The van der Waals surface area contributed by atoms with Gasteiger partial charge in [-0.05, 0) is 48.5 Å². The molecule has 0 saturated heterocycles. The van der Waals surface area contributed by atoms with E-state index in [2.05, 4.69) is 9.97 Å². The molecule has 0 radical (unpaired) electrons. The third kappa shape index (κ3) is 2.44. The van der Waals surface area contributed by atoms with Crippen LogP contribution in [0.3, 0.4) is 0 Å². The lowest BCUT2D eigenvalue weighted by Crippen LogP contribution is -1.89. The lowest BCUT2D eigenvalue weighted by molar-refractivity contribution is 0.475. The zero-order valence-electron chi connectivity index (χ0n) is 10.6. The normalized spacial score (nSPS) is 10.4. The smallest absolute Gasteiger partial charge is 0.115 e. The fraction of sp³-hybridized carbons (Fsp3) is 0. The molecule has 0 amide bonds. The molecule has 1 heterocycles. The van der Waals surface area contributed by atoms with E-state index < -0.39 is 0 Å². The molecule has 0 aliphatic rings. The van der Waals surface area contributed by atoms with Gasteiger partial charge in [0.15, 0.2) is 0 Å². The third-order valence-corrected chi connectivity index (χ3v) is 2.96. The second-order valence-electron chi connectivity index (χ2n) is 4.38. The fourth-order valence-corrected chi connectivity index (χ4v) is 1.91. The van der Waals surface area contributed by atoms with Crippen LogP contribution >= 0.6 is 0 Å². The van der Waals surface area contributed by atoms with E-state index in [9.17, 15) is 10.2 Å². The van der Waals surface area contributed by atoms with E-state index >= 15 is 0 Å². The maximum Gasteiger partial charge on any atom is 0.115 e. The zero-order valence-corrected chi connectivity index (χ0v) is 10.6. The summed E-state index contributed by atoms with van der Waals surface area (Å²) in [6, 6.07) is 13.6. The Morgan fingerprint density at radius 2 is 1.00 bits per heavy atom. The molecule has 0 bridgehead atoms. The van der Waals surface area contributed by atoms with E-state index in [0.717, 1.165) is 22.5 Å². The van der Waals surface area contributed by atoms with Crippen LogP contribution in [0.25, 0.3) is 22.5 Å². The Balaban J connectivity index is 2.01. The summed E-state index contributed by atoms with van der Waals surface area (Å²) in [5, 5.41) is 18.6. The average Bonchev–Trinajstić information content (AvgIpc) is 2.49. The number of nitrogens with zero attached hydrogens (tertiary/aromatic N) is 2. The van der Waals surface area contributed by atoms with Crippen LogP contribution in [0.1, 0.15) is 0 Å². The minimum Gasteiger partial charge on any atom is -0.508 e. The lowest BCUT2D eigenvalue weighted by Gasteiger charge is -2.05. The first-order chi connectivity index (χ1) is 9.72. The van der Waals surface area contributed by atoms with Gasteiger partial charge in [0.25, 0.3) is 0 Å². The highest BCUT2D eigenvalue weighted by molar-refractivity contribution is 5.65. The largest absolute Gasteiger partial charge is 0.508 e. The van der Waals surface area contributed by atoms with Crippen LogP contribution in [0.15, 0.2) is 60.9 Å². The Morgan fingerprint density at radius 1 is 0.600 bits per heavy atom. The Morgan fingerprint density at radius 3 is 1.40 bits per heavy atom. The second kappa shape index (κ2) is 5.01. The molecule has 98 valence electrons. The zero-order chi connectivity index (χ0) is 13.9. The molecule has 2 aromatic carbocycles. The minimum atomic E-state index is 0.219. The predicted octanol–water partition coefficient (Wildman–Crippen LogP) is 3.22. The fourth-order valence-electron chi connectivity index (χ4n) is 1.91. The molecule has 20 heavy (non-hydrogen) atoms. The van der Waals surface area contributed by atoms with Crippen molar-refractivity contribution < 1.29 is 10.2 Å². The molecule has 0 unspecified atom stereocenters. The molecular weight excluding hydrogens is 252 g/mol. The lowest BCUT2D eigenvalue weighted by atomic mass is 10.1.